The Kier molecular flexibility index (Phi) is 1.63. The van der Waals surface area contributed by atoms with Gasteiger partial charge in [0.2, 0.25) is 0 Å². The highest BCUT2D eigenvalue weighted by Crippen LogP contribution is 2.32. The van der Waals surface area contributed by atoms with Crippen molar-refractivity contribution in [2.45, 2.75) is 13.0 Å². The van der Waals surface area contributed by atoms with E-state index in [2.05, 4.69) is 65.6 Å². The first-order chi connectivity index (χ1) is 8.34. The summed E-state index contributed by atoms with van der Waals surface area (Å²) >= 11 is 0. The van der Waals surface area contributed by atoms with Gasteiger partial charge in [-0.3, -0.25) is 0 Å². The summed E-state index contributed by atoms with van der Waals surface area (Å²) in [6.07, 6.45) is 13.1. The van der Waals surface area contributed by atoms with Crippen LogP contribution in [0.1, 0.15) is 6.92 Å². The van der Waals surface area contributed by atoms with Crippen LogP contribution in [0.4, 0.5) is 11.4 Å². The molecule has 0 spiro atoms. The smallest absolute Gasteiger partial charge is 0.0730 e. The highest BCUT2D eigenvalue weighted by atomic mass is 15.3. The first-order valence-electron chi connectivity index (χ1n) is 6.10. The molecule has 1 aromatic rings. The van der Waals surface area contributed by atoms with E-state index in [1.54, 1.807) is 0 Å². The van der Waals surface area contributed by atoms with Crippen molar-refractivity contribution >= 4 is 23.5 Å². The summed E-state index contributed by atoms with van der Waals surface area (Å²) in [5.74, 6) is 0. The monoisotopic (exact) mass is 222 g/mol. The van der Waals surface area contributed by atoms with Crippen molar-refractivity contribution < 1.29 is 0 Å². The Bertz CT molecular complexity index is 667. The van der Waals surface area contributed by atoms with Gasteiger partial charge >= 0.3 is 0 Å². The lowest BCUT2D eigenvalue weighted by atomic mass is 10.0. The number of benzene rings is 1. The number of rotatable bonds is 0. The third kappa shape index (κ3) is 1.10. The average Bonchev–Trinajstić information content (AvgIpc) is 2.37. The number of hydrogen-bond acceptors (Lipinski definition) is 2. The molecule has 0 aromatic heterocycles. The summed E-state index contributed by atoms with van der Waals surface area (Å²) in [5, 5.41) is 2.65. The minimum Gasteiger partial charge on any atom is -0.344 e. The van der Waals surface area contributed by atoms with Crippen molar-refractivity contribution in [1.82, 2.24) is 0 Å². The summed E-state index contributed by atoms with van der Waals surface area (Å²) < 4.78 is 0. The largest absolute Gasteiger partial charge is 0.344 e. The second kappa shape index (κ2) is 3.04. The molecule has 3 aliphatic heterocycles. The molecule has 17 heavy (non-hydrogen) atoms. The van der Waals surface area contributed by atoms with Crippen molar-refractivity contribution in [3.05, 3.63) is 47.1 Å². The molecule has 0 amide bonds. The maximum atomic E-state index is 2.40. The SMILES string of the molecule is CC1CN2C=CC=c3ccc4c(c32)N1C=CC=4. The second-order valence-corrected chi connectivity index (χ2v) is 4.87. The lowest BCUT2D eigenvalue weighted by Gasteiger charge is -2.42. The van der Waals surface area contributed by atoms with Crippen LogP contribution < -0.4 is 20.2 Å². The van der Waals surface area contributed by atoms with Gasteiger partial charge in [0.25, 0.3) is 0 Å². The topological polar surface area (TPSA) is 6.48 Å². The van der Waals surface area contributed by atoms with Gasteiger partial charge in [0.15, 0.2) is 0 Å². The quantitative estimate of drug-likeness (QED) is 0.653. The van der Waals surface area contributed by atoms with Gasteiger partial charge in [-0.25, -0.2) is 0 Å². The molecule has 4 rings (SSSR count). The standard InChI is InChI=1S/C15H14N2/c1-11-10-16-8-2-4-12-6-7-13-5-3-9-17(11)15(13)14(12)16/h2-9,11H,10H2,1H3. The molecule has 0 aliphatic carbocycles. The van der Waals surface area contributed by atoms with Gasteiger partial charge in [-0.15, -0.1) is 0 Å². The molecule has 0 bridgehead atoms. The van der Waals surface area contributed by atoms with Crippen LogP contribution in [0.15, 0.2) is 36.7 Å². The lowest BCUT2D eigenvalue weighted by molar-refractivity contribution is 0.672. The Morgan fingerprint density at radius 3 is 2.53 bits per heavy atom. The predicted octanol–water partition coefficient (Wildman–Crippen LogP) is 1.32. The van der Waals surface area contributed by atoms with Gasteiger partial charge in [-0.2, -0.15) is 0 Å². The third-order valence-electron chi connectivity index (χ3n) is 3.76. The Labute approximate surface area is 100 Å². The van der Waals surface area contributed by atoms with E-state index in [9.17, 15) is 0 Å². The fourth-order valence-electron chi connectivity index (χ4n) is 2.98. The number of hydrogen-bond donors (Lipinski definition) is 0. The van der Waals surface area contributed by atoms with E-state index >= 15 is 0 Å². The van der Waals surface area contributed by atoms with Crippen molar-refractivity contribution in [3.63, 3.8) is 0 Å². The normalized spacial score (nSPS) is 23.0. The molecule has 2 heteroatoms. The van der Waals surface area contributed by atoms with Crippen LogP contribution in [0, 0.1) is 0 Å². The van der Waals surface area contributed by atoms with Gasteiger partial charge < -0.3 is 9.80 Å². The van der Waals surface area contributed by atoms with Crippen LogP contribution in [0.2, 0.25) is 0 Å². The lowest BCUT2D eigenvalue weighted by Crippen LogP contribution is -2.48. The van der Waals surface area contributed by atoms with E-state index in [4.69, 9.17) is 0 Å². The van der Waals surface area contributed by atoms with Gasteiger partial charge in [-0.05, 0) is 19.1 Å². The molecule has 1 unspecified atom stereocenters. The van der Waals surface area contributed by atoms with Crippen molar-refractivity contribution in [3.8, 4) is 0 Å². The fraction of sp³-hybridized carbons (Fsp3) is 0.200. The third-order valence-corrected chi connectivity index (χ3v) is 3.76. The number of nitrogens with zero attached hydrogens (tertiary/aromatic N) is 2. The molecule has 3 heterocycles. The average molecular weight is 222 g/mol. The molecule has 1 aromatic carbocycles. The van der Waals surface area contributed by atoms with Crippen molar-refractivity contribution in [1.29, 1.82) is 0 Å². The van der Waals surface area contributed by atoms with E-state index in [0.29, 0.717) is 6.04 Å². The van der Waals surface area contributed by atoms with E-state index in [1.807, 2.05) is 0 Å². The van der Waals surface area contributed by atoms with Gasteiger partial charge in [0, 0.05) is 35.4 Å². The first kappa shape index (κ1) is 9.11. The van der Waals surface area contributed by atoms with Gasteiger partial charge in [0.1, 0.15) is 0 Å². The highest BCUT2D eigenvalue weighted by molar-refractivity contribution is 5.82. The van der Waals surface area contributed by atoms with Gasteiger partial charge in [-0.1, -0.05) is 24.3 Å². The fourth-order valence-corrected chi connectivity index (χ4v) is 2.98. The van der Waals surface area contributed by atoms with Crippen molar-refractivity contribution in [2.75, 3.05) is 16.3 Å². The summed E-state index contributed by atoms with van der Waals surface area (Å²) in [4.78, 5) is 4.78. The van der Waals surface area contributed by atoms with Crippen LogP contribution in [0.5, 0.6) is 0 Å². The molecule has 84 valence electrons. The van der Waals surface area contributed by atoms with E-state index < -0.39 is 0 Å². The Morgan fingerprint density at radius 2 is 1.71 bits per heavy atom. The molecule has 3 aliphatic rings. The summed E-state index contributed by atoms with van der Waals surface area (Å²) in [6, 6.07) is 4.95. The highest BCUT2D eigenvalue weighted by Gasteiger charge is 2.28. The minimum absolute atomic E-state index is 0.518. The van der Waals surface area contributed by atoms with Crippen LogP contribution in [-0.2, 0) is 0 Å². The van der Waals surface area contributed by atoms with Crippen LogP contribution in [0.25, 0.3) is 12.2 Å². The molecular weight excluding hydrogens is 208 g/mol. The zero-order valence-electron chi connectivity index (χ0n) is 9.80. The maximum Gasteiger partial charge on any atom is 0.0730 e. The first-order valence-corrected chi connectivity index (χ1v) is 6.10. The summed E-state index contributed by atoms with van der Waals surface area (Å²) in [5.41, 5.74) is 2.73. The Balaban J connectivity index is 2.16. The molecule has 0 radical (unpaired) electrons. The van der Waals surface area contributed by atoms with E-state index in [1.165, 1.54) is 21.8 Å². The van der Waals surface area contributed by atoms with Crippen LogP contribution >= 0.6 is 0 Å². The zero-order valence-corrected chi connectivity index (χ0v) is 9.80. The second-order valence-electron chi connectivity index (χ2n) is 4.87. The summed E-state index contributed by atoms with van der Waals surface area (Å²) in [7, 11) is 0. The molecule has 1 atom stereocenters. The molecule has 0 saturated carbocycles. The van der Waals surface area contributed by atoms with Gasteiger partial charge in [0.05, 0.1) is 11.4 Å². The molecule has 0 saturated heterocycles. The van der Waals surface area contributed by atoms with Crippen LogP contribution in [-0.4, -0.2) is 12.6 Å². The molecule has 0 N–H and O–H groups in total. The maximum absolute atomic E-state index is 2.40. The molecule has 0 fully saturated rings. The predicted molar refractivity (Wildman–Crippen MR) is 72.2 cm³/mol. The Morgan fingerprint density at radius 1 is 1.00 bits per heavy atom. The van der Waals surface area contributed by atoms with E-state index in [0.717, 1.165) is 6.54 Å². The molecular formula is C15H14N2. The number of allylic oxidation sites excluding steroid dienone is 2. The minimum atomic E-state index is 0.518. The number of anilines is 2. The van der Waals surface area contributed by atoms with Crippen LogP contribution in [0.3, 0.4) is 0 Å². The Hall–Kier alpha value is -1.96. The molecule has 2 nitrogen and oxygen atoms in total. The summed E-state index contributed by atoms with van der Waals surface area (Å²) in [6.45, 7) is 3.33. The van der Waals surface area contributed by atoms with E-state index in [-0.39, 0.29) is 0 Å². The zero-order chi connectivity index (χ0) is 11.4. The van der Waals surface area contributed by atoms with Crippen molar-refractivity contribution in [2.24, 2.45) is 0 Å².